The maximum Gasteiger partial charge on any atom is 0.466 e. The van der Waals surface area contributed by atoms with Crippen molar-refractivity contribution in [2.75, 3.05) is 13.2 Å². The Bertz CT molecular complexity index is 188. The van der Waals surface area contributed by atoms with E-state index in [2.05, 4.69) is 6.58 Å². The summed E-state index contributed by atoms with van der Waals surface area (Å²) in [6.45, 7) is 8.17. The lowest BCUT2D eigenvalue weighted by Crippen LogP contribution is -2.10. The molecule has 0 aliphatic rings. The summed E-state index contributed by atoms with van der Waals surface area (Å²) in [6, 6.07) is 0. The Labute approximate surface area is 83.1 Å². The summed E-state index contributed by atoms with van der Waals surface area (Å²) in [5.41, 5.74) is 0.982. The average Bonchev–Trinajstić information content (AvgIpc) is 1.80. The van der Waals surface area contributed by atoms with Gasteiger partial charge in [0.2, 0.25) is 0 Å². The monoisotopic (exact) mass is 228 g/mol. The van der Waals surface area contributed by atoms with Gasteiger partial charge in [0.1, 0.15) is 0 Å². The Hall–Kier alpha value is -0.230. The SMILES string of the molecule is C=C(C)COCC(C)O.O=P(O)(O)O. The Balaban J connectivity index is 0. The third-order valence-electron chi connectivity index (χ3n) is 0.708. The zero-order valence-electron chi connectivity index (χ0n) is 8.25. The fourth-order valence-corrected chi connectivity index (χ4v) is 0.404. The van der Waals surface area contributed by atoms with E-state index in [0.29, 0.717) is 13.2 Å². The minimum Gasteiger partial charge on any atom is -0.391 e. The van der Waals surface area contributed by atoms with Crippen molar-refractivity contribution in [1.29, 1.82) is 0 Å². The first-order valence-corrected chi connectivity index (χ1v) is 5.38. The Morgan fingerprint density at radius 1 is 1.50 bits per heavy atom. The van der Waals surface area contributed by atoms with Crippen LogP contribution in [0.3, 0.4) is 0 Å². The molecular formula is C7H17O6P. The van der Waals surface area contributed by atoms with E-state index < -0.39 is 7.82 Å². The molecule has 0 heterocycles. The molecule has 0 spiro atoms. The van der Waals surface area contributed by atoms with E-state index in [1.165, 1.54) is 0 Å². The molecule has 0 aromatic carbocycles. The van der Waals surface area contributed by atoms with Crippen molar-refractivity contribution in [2.24, 2.45) is 0 Å². The molecule has 0 rings (SSSR count). The highest BCUT2D eigenvalue weighted by Crippen LogP contribution is 2.25. The highest BCUT2D eigenvalue weighted by molar-refractivity contribution is 7.45. The van der Waals surface area contributed by atoms with E-state index in [4.69, 9.17) is 29.1 Å². The van der Waals surface area contributed by atoms with Gasteiger partial charge in [-0.3, -0.25) is 0 Å². The molecule has 1 unspecified atom stereocenters. The molecule has 0 aromatic heterocycles. The van der Waals surface area contributed by atoms with Crippen molar-refractivity contribution in [1.82, 2.24) is 0 Å². The molecule has 0 fully saturated rings. The van der Waals surface area contributed by atoms with Crippen LogP contribution in [0.1, 0.15) is 13.8 Å². The smallest absolute Gasteiger partial charge is 0.391 e. The topological polar surface area (TPSA) is 107 Å². The average molecular weight is 228 g/mol. The van der Waals surface area contributed by atoms with E-state index >= 15 is 0 Å². The lowest BCUT2D eigenvalue weighted by Gasteiger charge is -2.04. The highest BCUT2D eigenvalue weighted by atomic mass is 31.2. The number of aliphatic hydroxyl groups excluding tert-OH is 1. The van der Waals surface area contributed by atoms with Gasteiger partial charge in [0, 0.05) is 0 Å². The van der Waals surface area contributed by atoms with Crippen molar-refractivity contribution >= 4 is 7.82 Å². The van der Waals surface area contributed by atoms with Gasteiger partial charge in [0.25, 0.3) is 0 Å². The molecule has 0 amide bonds. The predicted molar refractivity (Wildman–Crippen MR) is 51.6 cm³/mol. The van der Waals surface area contributed by atoms with Crippen LogP contribution in [0.15, 0.2) is 12.2 Å². The second-order valence-corrected chi connectivity index (χ2v) is 3.86. The van der Waals surface area contributed by atoms with Gasteiger partial charge >= 0.3 is 7.82 Å². The molecule has 86 valence electrons. The third-order valence-corrected chi connectivity index (χ3v) is 0.708. The van der Waals surface area contributed by atoms with Gasteiger partial charge in [-0.25, -0.2) is 4.57 Å². The van der Waals surface area contributed by atoms with Gasteiger partial charge in [-0.2, -0.15) is 0 Å². The normalized spacial score (nSPS) is 12.7. The second-order valence-electron chi connectivity index (χ2n) is 2.83. The first kappa shape index (κ1) is 16.2. The van der Waals surface area contributed by atoms with E-state index in [0.717, 1.165) is 5.57 Å². The van der Waals surface area contributed by atoms with Gasteiger partial charge in [-0.15, -0.1) is 0 Å². The van der Waals surface area contributed by atoms with E-state index in [1.54, 1.807) is 6.92 Å². The van der Waals surface area contributed by atoms with Crippen molar-refractivity contribution < 1.29 is 29.1 Å². The molecule has 0 aliphatic heterocycles. The van der Waals surface area contributed by atoms with Crippen LogP contribution >= 0.6 is 7.82 Å². The van der Waals surface area contributed by atoms with Gasteiger partial charge in [-0.05, 0) is 13.8 Å². The molecule has 0 aromatic rings. The summed E-state index contributed by atoms with van der Waals surface area (Å²) in [5, 5.41) is 8.71. The molecule has 0 aliphatic carbocycles. The van der Waals surface area contributed by atoms with Crippen LogP contribution in [0.2, 0.25) is 0 Å². The number of hydrogen-bond donors (Lipinski definition) is 4. The molecule has 7 heteroatoms. The highest BCUT2D eigenvalue weighted by Gasteiger charge is 2.00. The zero-order valence-corrected chi connectivity index (χ0v) is 9.15. The molecule has 1 atom stereocenters. The number of rotatable bonds is 4. The van der Waals surface area contributed by atoms with Crippen LogP contribution < -0.4 is 0 Å². The summed E-state index contributed by atoms with van der Waals surface area (Å²) in [7, 11) is -4.64. The molecule has 0 radical (unpaired) electrons. The number of ether oxygens (including phenoxy) is 1. The van der Waals surface area contributed by atoms with Crippen molar-refractivity contribution in [2.45, 2.75) is 20.0 Å². The molecule has 14 heavy (non-hydrogen) atoms. The molecule has 0 saturated carbocycles. The first-order valence-electron chi connectivity index (χ1n) is 3.81. The standard InChI is InChI=1S/C7H14O2.H3O4P/c1-6(2)4-9-5-7(3)8;1-5(2,3)4/h7-8H,1,4-5H2,2-3H3;(H3,1,2,3,4). The minimum absolute atomic E-state index is 0.371. The van der Waals surface area contributed by atoms with Crippen LogP contribution in [-0.2, 0) is 9.30 Å². The fourth-order valence-electron chi connectivity index (χ4n) is 0.404. The largest absolute Gasteiger partial charge is 0.466 e. The van der Waals surface area contributed by atoms with Crippen molar-refractivity contribution in [3.8, 4) is 0 Å². The third kappa shape index (κ3) is 41.0. The van der Waals surface area contributed by atoms with Crippen LogP contribution in [0, 0.1) is 0 Å². The second kappa shape index (κ2) is 8.11. The van der Waals surface area contributed by atoms with Crippen LogP contribution in [0.5, 0.6) is 0 Å². The zero-order chi connectivity index (χ0) is 11.8. The van der Waals surface area contributed by atoms with E-state index in [-0.39, 0.29) is 6.10 Å². The summed E-state index contributed by atoms with van der Waals surface area (Å²) < 4.78 is 13.9. The summed E-state index contributed by atoms with van der Waals surface area (Å²) >= 11 is 0. The molecule has 4 N–H and O–H groups in total. The van der Waals surface area contributed by atoms with E-state index in [9.17, 15) is 0 Å². The van der Waals surface area contributed by atoms with Crippen LogP contribution in [-0.4, -0.2) is 39.1 Å². The minimum atomic E-state index is -4.64. The quantitative estimate of drug-likeness (QED) is 0.399. The summed E-state index contributed by atoms with van der Waals surface area (Å²) in [6.07, 6.45) is -0.371. The lowest BCUT2D eigenvalue weighted by atomic mass is 10.4. The summed E-state index contributed by atoms with van der Waals surface area (Å²) in [4.78, 5) is 21.6. The van der Waals surface area contributed by atoms with Gasteiger partial charge in [0.05, 0.1) is 19.3 Å². The van der Waals surface area contributed by atoms with Crippen molar-refractivity contribution in [3.63, 3.8) is 0 Å². The van der Waals surface area contributed by atoms with Gasteiger partial charge in [0.15, 0.2) is 0 Å². The van der Waals surface area contributed by atoms with Crippen LogP contribution in [0.25, 0.3) is 0 Å². The first-order chi connectivity index (χ1) is 6.13. The maximum atomic E-state index is 8.88. The lowest BCUT2D eigenvalue weighted by molar-refractivity contribution is 0.0572. The van der Waals surface area contributed by atoms with Crippen molar-refractivity contribution in [3.05, 3.63) is 12.2 Å². The Kier molecular flexibility index (Phi) is 9.39. The Morgan fingerprint density at radius 2 is 1.86 bits per heavy atom. The van der Waals surface area contributed by atoms with Crippen LogP contribution in [0.4, 0.5) is 0 Å². The Morgan fingerprint density at radius 3 is 2.07 bits per heavy atom. The number of phosphoric acid groups is 1. The van der Waals surface area contributed by atoms with E-state index in [1.807, 2.05) is 6.92 Å². The molecular weight excluding hydrogens is 211 g/mol. The number of aliphatic hydroxyl groups is 1. The van der Waals surface area contributed by atoms with Gasteiger partial charge in [-0.1, -0.05) is 12.2 Å². The molecule has 6 nitrogen and oxygen atoms in total. The number of hydrogen-bond acceptors (Lipinski definition) is 3. The molecule has 0 bridgehead atoms. The predicted octanol–water partition coefficient (Wildman–Crippen LogP) is 0.0313. The fraction of sp³-hybridized carbons (Fsp3) is 0.714. The molecule has 0 saturated heterocycles. The van der Waals surface area contributed by atoms with Gasteiger partial charge < -0.3 is 24.5 Å². The maximum absolute atomic E-state index is 8.88. The summed E-state index contributed by atoms with van der Waals surface area (Å²) in [5.74, 6) is 0.